The average Bonchev–Trinajstić information content (AvgIpc) is 3.07. The van der Waals surface area contributed by atoms with Crippen molar-refractivity contribution < 1.29 is 0 Å². The number of H-pyrrole nitrogens is 1. The molecule has 3 N–H and O–H groups in total. The lowest BCUT2D eigenvalue weighted by molar-refractivity contribution is 0.823. The molecule has 0 amide bonds. The fraction of sp³-hybridized carbons (Fsp3) is 0.130. The van der Waals surface area contributed by atoms with E-state index in [-0.39, 0.29) is 0 Å². The number of aromatic nitrogens is 1. The van der Waals surface area contributed by atoms with Gasteiger partial charge in [-0.1, -0.05) is 48.5 Å². The number of anilines is 2. The Kier molecular flexibility index (Phi) is 4.46. The van der Waals surface area contributed by atoms with E-state index in [4.69, 9.17) is 0 Å². The lowest BCUT2D eigenvalue weighted by Gasteiger charge is -2.12. The Morgan fingerprint density at radius 3 is 2.54 bits per heavy atom. The molecule has 0 atom stereocenters. The third-order valence-corrected chi connectivity index (χ3v) is 4.76. The Balaban J connectivity index is 1.65. The third kappa shape index (κ3) is 3.22. The molecule has 4 aromatic rings. The van der Waals surface area contributed by atoms with Crippen LogP contribution in [0.25, 0.3) is 22.0 Å². The van der Waals surface area contributed by atoms with Crippen LogP contribution in [0.2, 0.25) is 0 Å². The van der Waals surface area contributed by atoms with Gasteiger partial charge in [-0.15, -0.1) is 0 Å². The lowest BCUT2D eigenvalue weighted by atomic mass is 10.0. The number of fused-ring (bicyclic) bond motifs is 1. The Bertz CT molecular complexity index is 1030. The minimum Gasteiger partial charge on any atom is -0.361 e. The summed E-state index contributed by atoms with van der Waals surface area (Å²) in [7, 11) is 1.97. The van der Waals surface area contributed by atoms with E-state index in [1.54, 1.807) is 0 Å². The van der Waals surface area contributed by atoms with Gasteiger partial charge in [0.1, 0.15) is 0 Å². The van der Waals surface area contributed by atoms with E-state index in [1.807, 2.05) is 13.1 Å². The van der Waals surface area contributed by atoms with Crippen molar-refractivity contribution in [2.75, 3.05) is 12.4 Å². The quantitative estimate of drug-likeness (QED) is 0.442. The second-order valence-electron chi connectivity index (χ2n) is 6.63. The fourth-order valence-corrected chi connectivity index (χ4v) is 3.32. The van der Waals surface area contributed by atoms with Crippen molar-refractivity contribution in [1.82, 2.24) is 10.3 Å². The molecule has 0 bridgehead atoms. The van der Waals surface area contributed by atoms with Crippen LogP contribution in [-0.4, -0.2) is 12.0 Å². The van der Waals surface area contributed by atoms with Crippen molar-refractivity contribution in [2.45, 2.75) is 13.5 Å². The summed E-state index contributed by atoms with van der Waals surface area (Å²) in [5, 5.41) is 8.05. The Hall–Kier alpha value is -3.04. The number of rotatable bonds is 5. The van der Waals surface area contributed by atoms with Gasteiger partial charge in [0.25, 0.3) is 0 Å². The SMILES string of the molecule is CNCc1c[nH]c2cc(Nc3cc(-c4ccccc4)ccc3C)ccc12. The van der Waals surface area contributed by atoms with Gasteiger partial charge in [0.05, 0.1) is 0 Å². The van der Waals surface area contributed by atoms with Gasteiger partial charge in [-0.3, -0.25) is 0 Å². The van der Waals surface area contributed by atoms with E-state index in [2.05, 4.69) is 89.4 Å². The minimum absolute atomic E-state index is 0.866. The summed E-state index contributed by atoms with van der Waals surface area (Å²) in [5.74, 6) is 0. The topological polar surface area (TPSA) is 39.9 Å². The third-order valence-electron chi connectivity index (χ3n) is 4.76. The van der Waals surface area contributed by atoms with Crippen molar-refractivity contribution in [2.24, 2.45) is 0 Å². The van der Waals surface area contributed by atoms with Crippen molar-refractivity contribution in [1.29, 1.82) is 0 Å². The highest BCUT2D eigenvalue weighted by Gasteiger charge is 2.06. The number of hydrogen-bond acceptors (Lipinski definition) is 2. The van der Waals surface area contributed by atoms with Crippen LogP contribution in [0.4, 0.5) is 11.4 Å². The lowest BCUT2D eigenvalue weighted by Crippen LogP contribution is -2.03. The van der Waals surface area contributed by atoms with Crippen LogP contribution in [-0.2, 0) is 6.54 Å². The second-order valence-corrected chi connectivity index (χ2v) is 6.63. The maximum Gasteiger partial charge on any atom is 0.0478 e. The van der Waals surface area contributed by atoms with Gasteiger partial charge in [-0.05, 0) is 54.4 Å². The van der Waals surface area contributed by atoms with E-state index in [0.29, 0.717) is 0 Å². The highest BCUT2D eigenvalue weighted by Crippen LogP contribution is 2.29. The summed E-state index contributed by atoms with van der Waals surface area (Å²) in [6, 6.07) is 23.5. The smallest absolute Gasteiger partial charge is 0.0478 e. The molecule has 0 saturated carbocycles. The molecule has 0 fully saturated rings. The molecule has 3 aromatic carbocycles. The summed E-state index contributed by atoms with van der Waals surface area (Å²) in [4.78, 5) is 3.37. The first-order valence-electron chi connectivity index (χ1n) is 8.92. The molecule has 130 valence electrons. The second kappa shape index (κ2) is 7.06. The van der Waals surface area contributed by atoms with Crippen molar-refractivity contribution in [3.05, 3.63) is 84.1 Å². The first-order chi connectivity index (χ1) is 12.7. The van der Waals surface area contributed by atoms with Crippen molar-refractivity contribution in [3.63, 3.8) is 0 Å². The zero-order valence-electron chi connectivity index (χ0n) is 15.1. The highest BCUT2D eigenvalue weighted by molar-refractivity contribution is 5.87. The summed E-state index contributed by atoms with van der Waals surface area (Å²) in [5.41, 5.74) is 8.33. The average molecular weight is 341 g/mol. The Morgan fingerprint density at radius 2 is 1.73 bits per heavy atom. The number of aryl methyl sites for hydroxylation is 1. The number of hydrogen-bond donors (Lipinski definition) is 3. The maximum atomic E-state index is 3.58. The maximum absolute atomic E-state index is 3.58. The van der Waals surface area contributed by atoms with Gasteiger partial charge in [-0.2, -0.15) is 0 Å². The summed E-state index contributed by atoms with van der Waals surface area (Å²) >= 11 is 0. The van der Waals surface area contributed by atoms with Crippen LogP contribution in [0, 0.1) is 6.92 Å². The molecular formula is C23H23N3. The molecule has 3 heteroatoms. The van der Waals surface area contributed by atoms with E-state index in [0.717, 1.165) is 23.4 Å². The standard InChI is InChI=1S/C23H23N3/c1-16-8-9-18(17-6-4-3-5-7-17)12-22(16)26-20-10-11-21-19(14-24-2)15-25-23(21)13-20/h3-13,15,24-26H,14H2,1-2H3. The molecule has 0 saturated heterocycles. The van der Waals surface area contributed by atoms with Crippen LogP contribution in [0.1, 0.15) is 11.1 Å². The molecule has 0 aliphatic heterocycles. The summed E-state index contributed by atoms with van der Waals surface area (Å²) < 4.78 is 0. The fourth-order valence-electron chi connectivity index (χ4n) is 3.32. The van der Waals surface area contributed by atoms with Crippen LogP contribution in [0.15, 0.2) is 72.9 Å². The number of benzene rings is 3. The number of aromatic amines is 1. The first-order valence-corrected chi connectivity index (χ1v) is 8.92. The van der Waals surface area contributed by atoms with Gasteiger partial charge < -0.3 is 15.6 Å². The molecule has 0 aliphatic rings. The molecule has 3 nitrogen and oxygen atoms in total. The van der Waals surface area contributed by atoms with E-state index >= 15 is 0 Å². The molecule has 0 unspecified atom stereocenters. The van der Waals surface area contributed by atoms with Crippen molar-refractivity contribution in [3.8, 4) is 11.1 Å². The molecule has 26 heavy (non-hydrogen) atoms. The molecule has 0 aliphatic carbocycles. The predicted molar refractivity (Wildman–Crippen MR) is 111 cm³/mol. The molecule has 0 radical (unpaired) electrons. The Morgan fingerprint density at radius 1 is 0.885 bits per heavy atom. The summed E-state index contributed by atoms with van der Waals surface area (Å²) in [6.45, 7) is 3.00. The van der Waals surface area contributed by atoms with Gasteiger partial charge in [-0.25, -0.2) is 0 Å². The van der Waals surface area contributed by atoms with Gasteiger partial charge in [0, 0.05) is 35.0 Å². The number of nitrogens with one attached hydrogen (secondary N) is 3. The molecule has 4 rings (SSSR count). The summed E-state index contributed by atoms with van der Waals surface area (Å²) in [6.07, 6.45) is 2.08. The van der Waals surface area contributed by atoms with Gasteiger partial charge in [0.15, 0.2) is 0 Å². The van der Waals surface area contributed by atoms with Crippen LogP contribution < -0.4 is 10.6 Å². The van der Waals surface area contributed by atoms with Crippen LogP contribution in [0.3, 0.4) is 0 Å². The first kappa shape index (κ1) is 16.4. The zero-order chi connectivity index (χ0) is 17.9. The van der Waals surface area contributed by atoms with Gasteiger partial charge >= 0.3 is 0 Å². The predicted octanol–water partition coefficient (Wildman–Crippen LogP) is 5.61. The molecule has 0 spiro atoms. The van der Waals surface area contributed by atoms with E-state index in [9.17, 15) is 0 Å². The van der Waals surface area contributed by atoms with Crippen molar-refractivity contribution >= 4 is 22.3 Å². The highest BCUT2D eigenvalue weighted by atomic mass is 14.9. The normalized spacial score (nSPS) is 11.0. The zero-order valence-corrected chi connectivity index (χ0v) is 15.1. The largest absolute Gasteiger partial charge is 0.361 e. The Labute approximate surface area is 154 Å². The van der Waals surface area contributed by atoms with Gasteiger partial charge in [0.2, 0.25) is 0 Å². The van der Waals surface area contributed by atoms with E-state index in [1.165, 1.54) is 27.6 Å². The van der Waals surface area contributed by atoms with Crippen LogP contribution >= 0.6 is 0 Å². The molecule has 1 heterocycles. The van der Waals surface area contributed by atoms with Crippen LogP contribution in [0.5, 0.6) is 0 Å². The minimum atomic E-state index is 0.866. The monoisotopic (exact) mass is 341 g/mol. The van der Waals surface area contributed by atoms with E-state index < -0.39 is 0 Å². The molecule has 1 aromatic heterocycles. The molecular weight excluding hydrogens is 318 g/mol.